The summed E-state index contributed by atoms with van der Waals surface area (Å²) < 4.78 is 26.9. The summed E-state index contributed by atoms with van der Waals surface area (Å²) in [5.41, 5.74) is 0. The van der Waals surface area contributed by atoms with E-state index in [0.29, 0.717) is 6.61 Å². The zero-order chi connectivity index (χ0) is 10.5. The highest BCUT2D eigenvalue weighted by molar-refractivity contribution is 7.48. The monoisotopic (exact) mass is 210 g/mol. The molecule has 0 rings (SSSR count). The molecule has 5 heteroatoms. The van der Waals surface area contributed by atoms with Crippen molar-refractivity contribution in [2.24, 2.45) is 0 Å². The van der Waals surface area contributed by atoms with Gasteiger partial charge in [0.2, 0.25) is 0 Å². The third-order valence-corrected chi connectivity index (χ3v) is 2.90. The minimum atomic E-state index is -3.33. The third-order valence-electron chi connectivity index (χ3n) is 0.967. The van der Waals surface area contributed by atoms with Crippen LogP contribution < -0.4 is 0 Å². The molecule has 80 valence electrons. The molecule has 0 aliphatic rings. The van der Waals surface area contributed by atoms with E-state index in [1.165, 1.54) is 0 Å². The van der Waals surface area contributed by atoms with Gasteiger partial charge in [-0.3, -0.25) is 13.6 Å². The van der Waals surface area contributed by atoms with E-state index in [1.807, 2.05) is 0 Å². The van der Waals surface area contributed by atoms with Crippen LogP contribution in [0.3, 0.4) is 0 Å². The van der Waals surface area contributed by atoms with Crippen LogP contribution >= 0.6 is 7.82 Å². The maximum atomic E-state index is 11.8. The van der Waals surface area contributed by atoms with E-state index >= 15 is 0 Å². The standard InChI is InChI=1S/C8H19O4P/c1-6-10-13(9,11-7(2)3)12-8(4)5/h7-8H,6H2,1-5H3. The van der Waals surface area contributed by atoms with Crippen molar-refractivity contribution in [3.8, 4) is 0 Å². The molecule has 0 saturated heterocycles. The average Bonchev–Trinajstić information content (AvgIpc) is 1.81. The highest BCUT2D eigenvalue weighted by atomic mass is 31.2. The first kappa shape index (κ1) is 13.1. The number of rotatable bonds is 6. The fourth-order valence-corrected chi connectivity index (χ4v) is 2.28. The van der Waals surface area contributed by atoms with Crippen LogP contribution in [-0.4, -0.2) is 18.8 Å². The first-order chi connectivity index (χ1) is 5.89. The lowest BCUT2D eigenvalue weighted by Crippen LogP contribution is -2.09. The molecule has 0 heterocycles. The zero-order valence-corrected chi connectivity index (χ0v) is 9.84. The van der Waals surface area contributed by atoms with Gasteiger partial charge < -0.3 is 0 Å². The van der Waals surface area contributed by atoms with Crippen LogP contribution in [0.5, 0.6) is 0 Å². The number of hydrogen-bond donors (Lipinski definition) is 0. The van der Waals surface area contributed by atoms with Crippen molar-refractivity contribution >= 4 is 7.82 Å². The summed E-state index contributed by atoms with van der Waals surface area (Å²) in [5, 5.41) is 0. The maximum Gasteiger partial charge on any atom is 0.475 e. The minimum absolute atomic E-state index is 0.170. The van der Waals surface area contributed by atoms with E-state index in [4.69, 9.17) is 13.6 Å². The molecule has 0 aromatic heterocycles. The summed E-state index contributed by atoms with van der Waals surface area (Å²) in [6, 6.07) is 0. The van der Waals surface area contributed by atoms with Crippen molar-refractivity contribution in [3.05, 3.63) is 0 Å². The van der Waals surface area contributed by atoms with Crippen molar-refractivity contribution in [1.82, 2.24) is 0 Å². The van der Waals surface area contributed by atoms with Crippen LogP contribution in [0.2, 0.25) is 0 Å². The third kappa shape index (κ3) is 6.22. The van der Waals surface area contributed by atoms with Crippen LogP contribution in [-0.2, 0) is 18.1 Å². The Hall–Kier alpha value is 0.110. The summed E-state index contributed by atoms with van der Waals surface area (Å²) in [6.07, 6.45) is -0.340. The summed E-state index contributed by atoms with van der Waals surface area (Å²) >= 11 is 0. The van der Waals surface area contributed by atoms with Crippen LogP contribution in [0, 0.1) is 0 Å². The lowest BCUT2D eigenvalue weighted by atomic mass is 10.5. The molecule has 13 heavy (non-hydrogen) atoms. The zero-order valence-electron chi connectivity index (χ0n) is 8.94. The van der Waals surface area contributed by atoms with Crippen molar-refractivity contribution in [3.63, 3.8) is 0 Å². The lowest BCUT2D eigenvalue weighted by Gasteiger charge is -2.20. The number of phosphoric ester groups is 1. The SMILES string of the molecule is CCOP(=O)(OC(C)C)OC(C)C. The molecule has 0 aromatic carbocycles. The number of hydrogen-bond acceptors (Lipinski definition) is 4. The predicted molar refractivity (Wildman–Crippen MR) is 51.7 cm³/mol. The first-order valence-electron chi connectivity index (χ1n) is 4.51. The maximum absolute atomic E-state index is 11.8. The molecule has 0 spiro atoms. The Bertz CT molecular complexity index is 165. The molecule has 0 fully saturated rings. The highest BCUT2D eigenvalue weighted by Crippen LogP contribution is 2.51. The van der Waals surface area contributed by atoms with Crippen LogP contribution in [0.15, 0.2) is 0 Å². The van der Waals surface area contributed by atoms with Gasteiger partial charge in [-0.05, 0) is 34.6 Å². The molecule has 0 amide bonds. The molecule has 0 aliphatic carbocycles. The van der Waals surface area contributed by atoms with Gasteiger partial charge in [0.25, 0.3) is 0 Å². The van der Waals surface area contributed by atoms with Gasteiger partial charge in [-0.15, -0.1) is 0 Å². The minimum Gasteiger partial charge on any atom is -0.287 e. The Kier molecular flexibility index (Phi) is 5.81. The largest absolute Gasteiger partial charge is 0.475 e. The smallest absolute Gasteiger partial charge is 0.287 e. The van der Waals surface area contributed by atoms with Gasteiger partial charge in [0.1, 0.15) is 0 Å². The second-order valence-corrected chi connectivity index (χ2v) is 4.75. The highest BCUT2D eigenvalue weighted by Gasteiger charge is 2.28. The Labute approximate surface area is 80.2 Å². The molecule has 0 radical (unpaired) electrons. The Morgan fingerprint density at radius 2 is 1.46 bits per heavy atom. The van der Waals surface area contributed by atoms with Gasteiger partial charge in [-0.2, -0.15) is 0 Å². The van der Waals surface area contributed by atoms with Crippen molar-refractivity contribution in [2.75, 3.05) is 6.61 Å². The summed E-state index contributed by atoms with van der Waals surface area (Å²) in [4.78, 5) is 0. The normalized spacial score (nSPS) is 12.8. The molecular formula is C8H19O4P. The quantitative estimate of drug-likeness (QED) is 0.632. The summed E-state index contributed by atoms with van der Waals surface area (Å²) in [6.45, 7) is 9.21. The van der Waals surface area contributed by atoms with Crippen LogP contribution in [0.1, 0.15) is 34.6 Å². The Morgan fingerprint density at radius 1 is 1.08 bits per heavy atom. The molecule has 0 saturated carbocycles. The van der Waals surface area contributed by atoms with Crippen molar-refractivity contribution in [1.29, 1.82) is 0 Å². The van der Waals surface area contributed by atoms with Gasteiger partial charge in [0, 0.05) is 0 Å². The van der Waals surface area contributed by atoms with E-state index in [0.717, 1.165) is 0 Å². The summed E-state index contributed by atoms with van der Waals surface area (Å²) in [5.74, 6) is 0. The fraction of sp³-hybridized carbons (Fsp3) is 1.00. The number of phosphoric acid groups is 1. The van der Waals surface area contributed by atoms with Crippen molar-refractivity contribution in [2.45, 2.75) is 46.8 Å². The Morgan fingerprint density at radius 3 is 1.69 bits per heavy atom. The van der Waals surface area contributed by atoms with E-state index in [-0.39, 0.29) is 12.2 Å². The molecule has 0 N–H and O–H groups in total. The van der Waals surface area contributed by atoms with E-state index in [1.54, 1.807) is 34.6 Å². The molecule has 4 nitrogen and oxygen atoms in total. The molecule has 0 bridgehead atoms. The molecule has 0 aromatic rings. The van der Waals surface area contributed by atoms with Crippen molar-refractivity contribution < 1.29 is 18.1 Å². The Balaban J connectivity index is 4.25. The fourth-order valence-electron chi connectivity index (χ4n) is 0.760. The van der Waals surface area contributed by atoms with Gasteiger partial charge in [-0.1, -0.05) is 0 Å². The molecule has 0 atom stereocenters. The molecule has 0 aliphatic heterocycles. The molecular weight excluding hydrogens is 191 g/mol. The van der Waals surface area contributed by atoms with Gasteiger partial charge in [-0.25, -0.2) is 4.57 Å². The topological polar surface area (TPSA) is 44.8 Å². The first-order valence-corrected chi connectivity index (χ1v) is 5.97. The van der Waals surface area contributed by atoms with E-state index in [2.05, 4.69) is 0 Å². The second-order valence-electron chi connectivity index (χ2n) is 3.17. The van der Waals surface area contributed by atoms with Crippen LogP contribution in [0.25, 0.3) is 0 Å². The van der Waals surface area contributed by atoms with Gasteiger partial charge in [0.15, 0.2) is 0 Å². The predicted octanol–water partition coefficient (Wildman–Crippen LogP) is 2.98. The summed E-state index contributed by atoms with van der Waals surface area (Å²) in [7, 11) is -3.33. The van der Waals surface area contributed by atoms with Gasteiger partial charge >= 0.3 is 7.82 Å². The second kappa shape index (κ2) is 5.76. The van der Waals surface area contributed by atoms with Crippen LogP contribution in [0.4, 0.5) is 0 Å². The van der Waals surface area contributed by atoms with E-state index < -0.39 is 7.82 Å². The average molecular weight is 210 g/mol. The van der Waals surface area contributed by atoms with E-state index in [9.17, 15) is 4.57 Å². The molecule has 0 unspecified atom stereocenters. The lowest BCUT2D eigenvalue weighted by molar-refractivity contribution is 0.0751. The van der Waals surface area contributed by atoms with Gasteiger partial charge in [0.05, 0.1) is 18.8 Å².